The topological polar surface area (TPSA) is 55.6 Å². The third-order valence-electron chi connectivity index (χ3n) is 5.70. The van der Waals surface area contributed by atoms with Crippen LogP contribution in [0.1, 0.15) is 70.4 Å². The van der Waals surface area contributed by atoms with Crippen LogP contribution in [0.25, 0.3) is 5.57 Å². The molecule has 1 aromatic rings. The molecule has 3 rings (SSSR count). The molecule has 1 amide bonds. The lowest BCUT2D eigenvalue weighted by atomic mass is 9.79. The zero-order valence-electron chi connectivity index (χ0n) is 17.2. The molecule has 2 N–H and O–H groups in total. The molecule has 1 heterocycles. The molecule has 3 unspecified atom stereocenters. The number of benzene rings is 1. The Kier molecular flexibility index (Phi) is 5.95. The highest BCUT2D eigenvalue weighted by Crippen LogP contribution is 2.36. The highest BCUT2D eigenvalue weighted by Gasteiger charge is 2.34. The van der Waals surface area contributed by atoms with Crippen LogP contribution in [0.5, 0.6) is 0 Å². The van der Waals surface area contributed by atoms with Crippen LogP contribution in [-0.2, 0) is 4.74 Å². The number of amides is 1. The molecule has 1 aliphatic heterocycles. The van der Waals surface area contributed by atoms with Crippen molar-refractivity contribution in [1.82, 2.24) is 4.90 Å². The summed E-state index contributed by atoms with van der Waals surface area (Å²) in [6.45, 7) is 9.32. The third kappa shape index (κ3) is 4.92. The van der Waals surface area contributed by atoms with E-state index in [-0.39, 0.29) is 18.1 Å². The number of carbonyl (C=O) groups excluding carboxylic acids is 1. The van der Waals surface area contributed by atoms with E-state index in [9.17, 15) is 4.79 Å². The summed E-state index contributed by atoms with van der Waals surface area (Å²) in [5.41, 5.74) is 10.1. The van der Waals surface area contributed by atoms with Crippen LogP contribution in [0.2, 0.25) is 0 Å². The lowest BCUT2D eigenvalue weighted by Crippen LogP contribution is -2.49. The van der Waals surface area contributed by atoms with Crippen LogP contribution in [0.15, 0.2) is 30.3 Å². The quantitative estimate of drug-likeness (QED) is 0.802. The first-order chi connectivity index (χ1) is 12.7. The lowest BCUT2D eigenvalue weighted by molar-refractivity contribution is 0.0186. The van der Waals surface area contributed by atoms with Crippen molar-refractivity contribution in [2.24, 2.45) is 11.7 Å². The maximum atomic E-state index is 12.6. The first-order valence-corrected chi connectivity index (χ1v) is 10.3. The lowest BCUT2D eigenvalue weighted by Gasteiger charge is -2.38. The summed E-state index contributed by atoms with van der Waals surface area (Å²) in [5, 5.41) is 0. The van der Waals surface area contributed by atoms with Crippen molar-refractivity contribution >= 4 is 11.7 Å². The van der Waals surface area contributed by atoms with E-state index in [0.29, 0.717) is 13.1 Å². The number of nitrogens with zero attached hydrogens (tertiary/aromatic N) is 1. The van der Waals surface area contributed by atoms with Crippen molar-refractivity contribution in [1.29, 1.82) is 0 Å². The van der Waals surface area contributed by atoms with Gasteiger partial charge in [0.15, 0.2) is 0 Å². The van der Waals surface area contributed by atoms with Crippen molar-refractivity contribution in [2.75, 3.05) is 13.1 Å². The summed E-state index contributed by atoms with van der Waals surface area (Å²) in [5.74, 6) is 0.906. The van der Waals surface area contributed by atoms with Crippen LogP contribution < -0.4 is 5.73 Å². The summed E-state index contributed by atoms with van der Waals surface area (Å²) in [6.07, 6.45) is 6.46. The summed E-state index contributed by atoms with van der Waals surface area (Å²) in [7, 11) is 0. The van der Waals surface area contributed by atoms with Gasteiger partial charge < -0.3 is 15.4 Å². The van der Waals surface area contributed by atoms with Crippen molar-refractivity contribution in [3.05, 3.63) is 41.5 Å². The minimum absolute atomic E-state index is 0.0629. The predicted octanol–water partition coefficient (Wildman–Crippen LogP) is 4.94. The van der Waals surface area contributed by atoms with E-state index in [0.717, 1.165) is 25.2 Å². The Bertz CT molecular complexity index is 705. The fraction of sp³-hybridized carbons (Fsp3) is 0.609. The molecule has 0 radical (unpaired) electrons. The molecule has 1 fully saturated rings. The van der Waals surface area contributed by atoms with Crippen molar-refractivity contribution < 1.29 is 9.53 Å². The van der Waals surface area contributed by atoms with Crippen LogP contribution in [0, 0.1) is 5.92 Å². The van der Waals surface area contributed by atoms with Gasteiger partial charge in [0.1, 0.15) is 5.60 Å². The molecular formula is C23H34N2O2. The van der Waals surface area contributed by atoms with Gasteiger partial charge in [-0.3, -0.25) is 0 Å². The molecule has 27 heavy (non-hydrogen) atoms. The maximum absolute atomic E-state index is 12.6. The molecule has 1 aromatic carbocycles. The van der Waals surface area contributed by atoms with E-state index in [1.54, 1.807) is 0 Å². The average molecular weight is 371 g/mol. The molecule has 148 valence electrons. The normalized spacial score (nSPS) is 26.5. The monoisotopic (exact) mass is 370 g/mol. The maximum Gasteiger partial charge on any atom is 0.410 e. The standard InChI is InChI=1S/C23H34N2O2/c1-16-9-11-17(12-10-16)18-7-5-6-8-19(18)20-15-25(14-13-21(20)24)22(26)27-23(2,3)4/h5-8,11,16,20-21H,9-10,12-15,24H2,1-4H3. The van der Waals surface area contributed by atoms with E-state index in [1.165, 1.54) is 23.1 Å². The van der Waals surface area contributed by atoms with Crippen LogP contribution >= 0.6 is 0 Å². The molecular weight excluding hydrogens is 336 g/mol. The number of rotatable bonds is 2. The van der Waals surface area contributed by atoms with Gasteiger partial charge in [-0.25, -0.2) is 4.79 Å². The van der Waals surface area contributed by atoms with E-state index in [2.05, 4.69) is 37.3 Å². The predicted molar refractivity (Wildman–Crippen MR) is 111 cm³/mol. The second-order valence-electron chi connectivity index (χ2n) is 9.18. The Morgan fingerprint density at radius 3 is 2.63 bits per heavy atom. The van der Waals surface area contributed by atoms with Gasteiger partial charge in [-0.2, -0.15) is 0 Å². The Hall–Kier alpha value is -1.81. The van der Waals surface area contributed by atoms with Crippen molar-refractivity contribution in [2.45, 2.75) is 70.9 Å². The van der Waals surface area contributed by atoms with Gasteiger partial charge in [0.2, 0.25) is 0 Å². The van der Waals surface area contributed by atoms with Gasteiger partial charge in [-0.05, 0) is 69.1 Å². The molecule has 3 atom stereocenters. The number of carbonyl (C=O) groups is 1. The molecule has 0 spiro atoms. The van der Waals surface area contributed by atoms with Crippen LogP contribution in [0.3, 0.4) is 0 Å². The van der Waals surface area contributed by atoms with Crippen molar-refractivity contribution in [3.63, 3.8) is 0 Å². The summed E-state index contributed by atoms with van der Waals surface area (Å²) < 4.78 is 5.59. The molecule has 1 saturated heterocycles. The molecule has 4 nitrogen and oxygen atoms in total. The summed E-state index contributed by atoms with van der Waals surface area (Å²) >= 11 is 0. The Balaban J connectivity index is 1.83. The zero-order valence-corrected chi connectivity index (χ0v) is 17.2. The minimum Gasteiger partial charge on any atom is -0.444 e. The molecule has 0 bridgehead atoms. The van der Waals surface area contributed by atoms with Gasteiger partial charge in [0.25, 0.3) is 0 Å². The van der Waals surface area contributed by atoms with Crippen LogP contribution in [-0.4, -0.2) is 35.7 Å². The number of nitrogens with two attached hydrogens (primary N) is 1. The second-order valence-corrected chi connectivity index (χ2v) is 9.18. The Labute approximate surface area is 163 Å². The SMILES string of the molecule is CC1CC=C(c2ccccc2C2CN(C(=O)OC(C)(C)C)CCC2N)CC1. The van der Waals surface area contributed by atoms with E-state index in [4.69, 9.17) is 10.5 Å². The number of allylic oxidation sites excluding steroid dienone is 2. The van der Waals surface area contributed by atoms with E-state index in [1.807, 2.05) is 25.7 Å². The summed E-state index contributed by atoms with van der Waals surface area (Å²) in [6, 6.07) is 8.67. The largest absolute Gasteiger partial charge is 0.444 e. The number of hydrogen-bond donors (Lipinski definition) is 1. The molecule has 4 heteroatoms. The smallest absolute Gasteiger partial charge is 0.410 e. The molecule has 0 aromatic heterocycles. The number of piperidine rings is 1. The van der Waals surface area contributed by atoms with Gasteiger partial charge >= 0.3 is 6.09 Å². The number of hydrogen-bond acceptors (Lipinski definition) is 3. The fourth-order valence-corrected chi connectivity index (χ4v) is 4.11. The number of ether oxygens (including phenoxy) is 1. The fourth-order valence-electron chi connectivity index (χ4n) is 4.11. The minimum atomic E-state index is -0.479. The highest BCUT2D eigenvalue weighted by molar-refractivity contribution is 5.71. The van der Waals surface area contributed by atoms with Gasteiger partial charge in [-0.1, -0.05) is 37.3 Å². The average Bonchev–Trinajstić information content (AvgIpc) is 2.61. The zero-order chi connectivity index (χ0) is 19.6. The van der Waals surface area contributed by atoms with Gasteiger partial charge in [0, 0.05) is 25.0 Å². The Morgan fingerprint density at radius 2 is 1.96 bits per heavy atom. The second kappa shape index (κ2) is 8.05. The summed E-state index contributed by atoms with van der Waals surface area (Å²) in [4.78, 5) is 14.4. The number of likely N-dealkylation sites (tertiary alicyclic amines) is 1. The van der Waals surface area contributed by atoms with E-state index >= 15 is 0 Å². The molecule has 2 aliphatic rings. The van der Waals surface area contributed by atoms with E-state index < -0.39 is 5.60 Å². The van der Waals surface area contributed by atoms with Crippen LogP contribution in [0.4, 0.5) is 4.79 Å². The third-order valence-corrected chi connectivity index (χ3v) is 5.70. The van der Waals surface area contributed by atoms with Crippen molar-refractivity contribution in [3.8, 4) is 0 Å². The van der Waals surface area contributed by atoms with Gasteiger partial charge in [0.05, 0.1) is 0 Å². The first-order valence-electron chi connectivity index (χ1n) is 10.3. The Morgan fingerprint density at radius 1 is 1.22 bits per heavy atom. The molecule has 0 saturated carbocycles. The highest BCUT2D eigenvalue weighted by atomic mass is 16.6. The molecule has 1 aliphatic carbocycles. The first kappa shape index (κ1) is 19.9. The van der Waals surface area contributed by atoms with Gasteiger partial charge in [-0.15, -0.1) is 0 Å².